The van der Waals surface area contributed by atoms with Gasteiger partial charge in [0.1, 0.15) is 11.3 Å². The molecule has 4 rings (SSSR count). The molecule has 1 saturated carbocycles. The third-order valence-corrected chi connectivity index (χ3v) is 4.55. The van der Waals surface area contributed by atoms with Crippen LogP contribution >= 0.6 is 0 Å². The lowest BCUT2D eigenvalue weighted by Gasteiger charge is -2.08. The van der Waals surface area contributed by atoms with E-state index < -0.39 is 0 Å². The molecule has 0 radical (unpaired) electrons. The maximum atomic E-state index is 6.44. The molecule has 3 atom stereocenters. The Labute approximate surface area is 124 Å². The van der Waals surface area contributed by atoms with E-state index in [9.17, 15) is 0 Å². The number of hydrogen-bond donors (Lipinski definition) is 1. The molecule has 2 aromatic carbocycles. The molecular formula is C19H19NO. The Hall–Kier alpha value is -2.06. The molecular weight excluding hydrogens is 258 g/mol. The molecule has 0 bridgehead atoms. The molecule has 21 heavy (non-hydrogen) atoms. The first-order valence-electron chi connectivity index (χ1n) is 7.53. The lowest BCUT2D eigenvalue weighted by Crippen LogP contribution is -2.12. The Balaban J connectivity index is 1.58. The average molecular weight is 277 g/mol. The monoisotopic (exact) mass is 277 g/mol. The van der Waals surface area contributed by atoms with Gasteiger partial charge in [0.2, 0.25) is 0 Å². The van der Waals surface area contributed by atoms with E-state index in [4.69, 9.17) is 10.2 Å². The zero-order chi connectivity index (χ0) is 14.4. The second kappa shape index (κ2) is 4.74. The van der Waals surface area contributed by atoms with Crippen LogP contribution in [0.5, 0.6) is 0 Å². The van der Waals surface area contributed by atoms with Gasteiger partial charge in [-0.3, -0.25) is 0 Å². The first kappa shape index (κ1) is 12.7. The quantitative estimate of drug-likeness (QED) is 0.763. The summed E-state index contributed by atoms with van der Waals surface area (Å²) in [5.41, 5.74) is 10.0. The zero-order valence-corrected chi connectivity index (χ0v) is 12.1. The van der Waals surface area contributed by atoms with E-state index in [2.05, 4.69) is 55.5 Å². The van der Waals surface area contributed by atoms with Crippen molar-refractivity contribution in [3.05, 3.63) is 71.5 Å². The van der Waals surface area contributed by atoms with Gasteiger partial charge in [-0.05, 0) is 48.9 Å². The normalized spacial score (nSPS) is 22.4. The summed E-state index contributed by atoms with van der Waals surface area (Å²) in [6.07, 6.45) is 1.15. The van der Waals surface area contributed by atoms with Gasteiger partial charge in [-0.1, -0.05) is 42.0 Å². The molecule has 1 fully saturated rings. The van der Waals surface area contributed by atoms with Crippen LogP contribution < -0.4 is 5.73 Å². The van der Waals surface area contributed by atoms with Crippen LogP contribution in [-0.2, 0) is 0 Å². The number of benzene rings is 2. The molecule has 1 aromatic heterocycles. The summed E-state index contributed by atoms with van der Waals surface area (Å²) >= 11 is 0. The van der Waals surface area contributed by atoms with Gasteiger partial charge in [-0.15, -0.1) is 0 Å². The molecule has 0 saturated heterocycles. The number of aryl methyl sites for hydroxylation is 1. The predicted molar refractivity (Wildman–Crippen MR) is 85.2 cm³/mol. The molecule has 2 N–H and O–H groups in total. The van der Waals surface area contributed by atoms with Crippen molar-refractivity contribution < 1.29 is 4.42 Å². The standard InChI is InChI=1S/C19H19NO/c1-12-7-8-17-14(9-12)10-18(21-17)19(20)16-11-15(16)13-5-3-2-4-6-13/h2-10,15-16,19H,11,20H2,1H3. The minimum atomic E-state index is -0.0112. The summed E-state index contributed by atoms with van der Waals surface area (Å²) in [6.45, 7) is 2.10. The van der Waals surface area contributed by atoms with Crippen LogP contribution in [0.1, 0.15) is 35.3 Å². The summed E-state index contributed by atoms with van der Waals surface area (Å²) in [7, 11) is 0. The van der Waals surface area contributed by atoms with Gasteiger partial charge in [0.15, 0.2) is 0 Å². The smallest absolute Gasteiger partial charge is 0.134 e. The van der Waals surface area contributed by atoms with Gasteiger partial charge in [0, 0.05) is 5.39 Å². The minimum Gasteiger partial charge on any atom is -0.459 e. The van der Waals surface area contributed by atoms with Crippen LogP contribution in [0, 0.1) is 12.8 Å². The fraction of sp³-hybridized carbons (Fsp3) is 0.263. The highest BCUT2D eigenvalue weighted by Crippen LogP contribution is 2.53. The molecule has 106 valence electrons. The maximum absolute atomic E-state index is 6.44. The molecule has 3 unspecified atom stereocenters. The topological polar surface area (TPSA) is 39.2 Å². The number of nitrogens with two attached hydrogens (primary N) is 1. The van der Waals surface area contributed by atoms with Crippen molar-refractivity contribution in [3.8, 4) is 0 Å². The third-order valence-electron chi connectivity index (χ3n) is 4.55. The Morgan fingerprint density at radius 2 is 1.90 bits per heavy atom. The highest BCUT2D eigenvalue weighted by Gasteiger charge is 2.43. The minimum absolute atomic E-state index is 0.0112. The maximum Gasteiger partial charge on any atom is 0.134 e. The molecule has 2 heteroatoms. The first-order chi connectivity index (χ1) is 10.2. The Morgan fingerprint density at radius 3 is 2.71 bits per heavy atom. The van der Waals surface area contributed by atoms with Crippen molar-refractivity contribution in [1.82, 2.24) is 0 Å². The molecule has 2 nitrogen and oxygen atoms in total. The molecule has 1 heterocycles. The molecule has 1 aliphatic carbocycles. The van der Waals surface area contributed by atoms with Crippen LogP contribution in [0.25, 0.3) is 11.0 Å². The van der Waals surface area contributed by atoms with E-state index in [-0.39, 0.29) is 6.04 Å². The summed E-state index contributed by atoms with van der Waals surface area (Å²) in [6, 6.07) is 19.0. The van der Waals surface area contributed by atoms with Crippen LogP contribution in [0.3, 0.4) is 0 Å². The molecule has 0 aliphatic heterocycles. The predicted octanol–water partition coefficient (Wildman–Crippen LogP) is 4.54. The van der Waals surface area contributed by atoms with Gasteiger partial charge < -0.3 is 10.2 Å². The Kier molecular flexibility index (Phi) is 2.86. The lowest BCUT2D eigenvalue weighted by atomic mass is 10.0. The van der Waals surface area contributed by atoms with Crippen LogP contribution in [0.2, 0.25) is 0 Å². The summed E-state index contributed by atoms with van der Waals surface area (Å²) in [5.74, 6) is 1.99. The van der Waals surface area contributed by atoms with Crippen LogP contribution in [-0.4, -0.2) is 0 Å². The van der Waals surface area contributed by atoms with E-state index in [1.165, 1.54) is 11.1 Å². The summed E-state index contributed by atoms with van der Waals surface area (Å²) in [4.78, 5) is 0. The first-order valence-corrected chi connectivity index (χ1v) is 7.53. The van der Waals surface area contributed by atoms with Crippen LogP contribution in [0.15, 0.2) is 59.0 Å². The molecule has 0 spiro atoms. The van der Waals surface area contributed by atoms with Gasteiger partial charge in [0.25, 0.3) is 0 Å². The van der Waals surface area contributed by atoms with E-state index in [1.807, 2.05) is 6.07 Å². The Morgan fingerprint density at radius 1 is 1.10 bits per heavy atom. The van der Waals surface area contributed by atoms with Crippen molar-refractivity contribution in [2.45, 2.75) is 25.3 Å². The Bertz CT molecular complexity index is 775. The van der Waals surface area contributed by atoms with Crippen molar-refractivity contribution in [1.29, 1.82) is 0 Å². The zero-order valence-electron chi connectivity index (χ0n) is 12.1. The fourth-order valence-electron chi connectivity index (χ4n) is 3.25. The average Bonchev–Trinajstić information content (AvgIpc) is 3.20. The van der Waals surface area contributed by atoms with Crippen molar-refractivity contribution in [2.75, 3.05) is 0 Å². The number of hydrogen-bond acceptors (Lipinski definition) is 2. The molecule has 3 aromatic rings. The summed E-state index contributed by atoms with van der Waals surface area (Å²) in [5, 5.41) is 1.15. The highest BCUT2D eigenvalue weighted by molar-refractivity contribution is 5.78. The number of furan rings is 1. The third kappa shape index (κ3) is 2.26. The van der Waals surface area contributed by atoms with Gasteiger partial charge in [-0.2, -0.15) is 0 Å². The van der Waals surface area contributed by atoms with Gasteiger partial charge >= 0.3 is 0 Å². The molecule has 0 amide bonds. The van der Waals surface area contributed by atoms with Crippen molar-refractivity contribution >= 4 is 11.0 Å². The lowest BCUT2D eigenvalue weighted by molar-refractivity contribution is 0.462. The number of fused-ring (bicyclic) bond motifs is 1. The second-order valence-corrected chi connectivity index (χ2v) is 6.13. The van der Waals surface area contributed by atoms with Gasteiger partial charge in [-0.25, -0.2) is 0 Å². The van der Waals surface area contributed by atoms with E-state index >= 15 is 0 Å². The fourth-order valence-corrected chi connectivity index (χ4v) is 3.25. The SMILES string of the molecule is Cc1ccc2oc(C(N)C3CC3c3ccccc3)cc2c1. The van der Waals surface area contributed by atoms with E-state index in [1.54, 1.807) is 0 Å². The van der Waals surface area contributed by atoms with Crippen molar-refractivity contribution in [3.63, 3.8) is 0 Å². The largest absolute Gasteiger partial charge is 0.459 e. The van der Waals surface area contributed by atoms with E-state index in [0.717, 1.165) is 23.2 Å². The van der Waals surface area contributed by atoms with Gasteiger partial charge in [0.05, 0.1) is 6.04 Å². The van der Waals surface area contributed by atoms with E-state index in [0.29, 0.717) is 11.8 Å². The second-order valence-electron chi connectivity index (χ2n) is 6.13. The molecule has 1 aliphatic rings. The van der Waals surface area contributed by atoms with Crippen molar-refractivity contribution in [2.24, 2.45) is 11.7 Å². The highest BCUT2D eigenvalue weighted by atomic mass is 16.3. The number of rotatable bonds is 3. The van der Waals surface area contributed by atoms with Crippen LogP contribution in [0.4, 0.5) is 0 Å². The summed E-state index contributed by atoms with van der Waals surface area (Å²) < 4.78 is 5.95.